The van der Waals surface area contributed by atoms with Crippen LogP contribution in [0.15, 0.2) is 29.3 Å². The molecular weight excluding hydrogens is 470 g/mol. The molecule has 0 atom stereocenters. The number of halogens is 2. The standard InChI is InChI=1S/C21H31FN4O.HI/c1-2-23-20(25-13-5-12-24-19(27)16-6-3-7-16)26-15-21(10-11-21)17-8-4-9-18(22)14-17;/h4,8-9,14,16H,2-3,5-7,10-13,15H2,1H3,(H,24,27)(H2,23,25,26);1H. The van der Waals surface area contributed by atoms with E-state index >= 15 is 0 Å². The summed E-state index contributed by atoms with van der Waals surface area (Å²) < 4.78 is 13.5. The van der Waals surface area contributed by atoms with Gasteiger partial charge in [-0.2, -0.15) is 0 Å². The highest BCUT2D eigenvalue weighted by atomic mass is 127. The molecule has 0 aliphatic heterocycles. The first-order valence-electron chi connectivity index (χ1n) is 10.2. The van der Waals surface area contributed by atoms with E-state index in [1.54, 1.807) is 12.1 Å². The minimum Gasteiger partial charge on any atom is -0.357 e. The highest BCUT2D eigenvalue weighted by Gasteiger charge is 2.44. The van der Waals surface area contributed by atoms with E-state index in [9.17, 15) is 9.18 Å². The molecule has 3 rings (SSSR count). The summed E-state index contributed by atoms with van der Waals surface area (Å²) in [6.45, 7) is 4.93. The normalized spacial score (nSPS) is 17.9. The van der Waals surface area contributed by atoms with Crippen LogP contribution in [-0.2, 0) is 10.2 Å². The van der Waals surface area contributed by atoms with Gasteiger partial charge < -0.3 is 16.0 Å². The summed E-state index contributed by atoms with van der Waals surface area (Å²) in [6.07, 6.45) is 6.21. The topological polar surface area (TPSA) is 65.5 Å². The van der Waals surface area contributed by atoms with Gasteiger partial charge in [-0.1, -0.05) is 18.6 Å². The van der Waals surface area contributed by atoms with Crippen LogP contribution in [0.2, 0.25) is 0 Å². The molecule has 3 N–H and O–H groups in total. The van der Waals surface area contributed by atoms with E-state index in [0.717, 1.165) is 56.7 Å². The Kier molecular flexibility index (Phi) is 8.98. The van der Waals surface area contributed by atoms with Crippen LogP contribution < -0.4 is 16.0 Å². The average molecular weight is 502 g/mol. The van der Waals surface area contributed by atoms with Gasteiger partial charge in [-0.05, 0) is 56.7 Å². The van der Waals surface area contributed by atoms with E-state index in [2.05, 4.69) is 16.0 Å². The molecule has 28 heavy (non-hydrogen) atoms. The number of rotatable bonds is 9. The molecular formula is C21H32FIN4O. The van der Waals surface area contributed by atoms with Crippen LogP contribution in [0.4, 0.5) is 4.39 Å². The Morgan fingerprint density at radius 1 is 1.21 bits per heavy atom. The zero-order valence-electron chi connectivity index (χ0n) is 16.6. The van der Waals surface area contributed by atoms with Gasteiger partial charge in [0.05, 0.1) is 6.54 Å². The van der Waals surface area contributed by atoms with Gasteiger partial charge in [0.25, 0.3) is 0 Å². The van der Waals surface area contributed by atoms with E-state index in [1.165, 1.54) is 12.5 Å². The molecule has 0 unspecified atom stereocenters. The first kappa shape index (κ1) is 22.9. The van der Waals surface area contributed by atoms with Crippen LogP contribution in [-0.4, -0.2) is 38.0 Å². The maximum Gasteiger partial charge on any atom is 0.223 e. The molecule has 0 spiro atoms. The van der Waals surface area contributed by atoms with Crippen LogP contribution in [0.5, 0.6) is 0 Å². The van der Waals surface area contributed by atoms with Gasteiger partial charge in [-0.25, -0.2) is 4.39 Å². The fourth-order valence-corrected chi connectivity index (χ4v) is 3.40. The zero-order valence-corrected chi connectivity index (χ0v) is 18.9. The van der Waals surface area contributed by atoms with Crippen molar-refractivity contribution in [3.63, 3.8) is 0 Å². The molecule has 156 valence electrons. The lowest BCUT2D eigenvalue weighted by molar-refractivity contribution is -0.127. The summed E-state index contributed by atoms with van der Waals surface area (Å²) in [7, 11) is 0. The summed E-state index contributed by atoms with van der Waals surface area (Å²) in [5, 5.41) is 9.60. The molecule has 0 bridgehead atoms. The third kappa shape index (κ3) is 6.32. The molecule has 1 amide bonds. The molecule has 2 saturated carbocycles. The SMILES string of the molecule is CCNC(=NCC1(c2cccc(F)c2)CC1)NCCCNC(=O)C1CCC1.I. The van der Waals surface area contributed by atoms with Crippen LogP contribution in [0.25, 0.3) is 0 Å². The van der Waals surface area contributed by atoms with E-state index in [0.29, 0.717) is 13.1 Å². The van der Waals surface area contributed by atoms with Crippen LogP contribution in [0.3, 0.4) is 0 Å². The highest BCUT2D eigenvalue weighted by molar-refractivity contribution is 14.0. The second kappa shape index (κ2) is 11.0. The Labute approximate surface area is 184 Å². The third-order valence-corrected chi connectivity index (χ3v) is 5.60. The van der Waals surface area contributed by atoms with Crippen molar-refractivity contribution in [1.29, 1.82) is 0 Å². The zero-order chi connectivity index (χ0) is 19.1. The molecule has 0 radical (unpaired) electrons. The van der Waals surface area contributed by atoms with Crippen molar-refractivity contribution in [2.45, 2.75) is 50.9 Å². The van der Waals surface area contributed by atoms with Crippen LogP contribution >= 0.6 is 24.0 Å². The summed E-state index contributed by atoms with van der Waals surface area (Å²) >= 11 is 0. The summed E-state index contributed by atoms with van der Waals surface area (Å²) in [5.74, 6) is 1.05. The maximum atomic E-state index is 13.5. The van der Waals surface area contributed by atoms with Crippen molar-refractivity contribution in [2.75, 3.05) is 26.2 Å². The third-order valence-electron chi connectivity index (χ3n) is 5.60. The number of hydrogen-bond donors (Lipinski definition) is 3. The summed E-state index contributed by atoms with van der Waals surface area (Å²) in [5.41, 5.74) is 1.03. The van der Waals surface area contributed by atoms with Gasteiger partial charge in [0.1, 0.15) is 5.82 Å². The van der Waals surface area contributed by atoms with Crippen molar-refractivity contribution in [3.05, 3.63) is 35.6 Å². The quantitative estimate of drug-likeness (QED) is 0.210. The number of amides is 1. The van der Waals surface area contributed by atoms with Crippen molar-refractivity contribution >= 4 is 35.8 Å². The highest BCUT2D eigenvalue weighted by Crippen LogP contribution is 2.48. The Morgan fingerprint density at radius 2 is 1.96 bits per heavy atom. The molecule has 2 fully saturated rings. The number of carbonyl (C=O) groups is 1. The monoisotopic (exact) mass is 502 g/mol. The fraction of sp³-hybridized carbons (Fsp3) is 0.619. The van der Waals surface area contributed by atoms with E-state index in [4.69, 9.17) is 4.99 Å². The molecule has 2 aliphatic rings. The lowest BCUT2D eigenvalue weighted by atomic mass is 9.85. The van der Waals surface area contributed by atoms with E-state index in [-0.39, 0.29) is 47.0 Å². The summed E-state index contributed by atoms with van der Waals surface area (Å²) in [4.78, 5) is 16.5. The van der Waals surface area contributed by atoms with Crippen molar-refractivity contribution in [2.24, 2.45) is 10.9 Å². The van der Waals surface area contributed by atoms with E-state index < -0.39 is 0 Å². The lowest BCUT2D eigenvalue weighted by Crippen LogP contribution is -2.40. The second-order valence-corrected chi connectivity index (χ2v) is 7.69. The number of nitrogens with one attached hydrogen (secondary N) is 3. The van der Waals surface area contributed by atoms with Crippen LogP contribution in [0.1, 0.15) is 51.0 Å². The maximum absolute atomic E-state index is 13.5. The van der Waals surface area contributed by atoms with Gasteiger partial charge in [-0.15, -0.1) is 24.0 Å². The van der Waals surface area contributed by atoms with Crippen molar-refractivity contribution in [1.82, 2.24) is 16.0 Å². The number of aliphatic imine (C=N–C) groups is 1. The molecule has 0 saturated heterocycles. The number of benzene rings is 1. The van der Waals surface area contributed by atoms with Gasteiger partial charge in [0.15, 0.2) is 5.96 Å². The molecule has 1 aromatic carbocycles. The number of carbonyl (C=O) groups excluding carboxylic acids is 1. The molecule has 5 nitrogen and oxygen atoms in total. The van der Waals surface area contributed by atoms with Crippen molar-refractivity contribution in [3.8, 4) is 0 Å². The number of hydrogen-bond acceptors (Lipinski definition) is 2. The molecule has 2 aliphatic carbocycles. The largest absolute Gasteiger partial charge is 0.357 e. The Hall–Kier alpha value is -1.38. The Morgan fingerprint density at radius 3 is 2.57 bits per heavy atom. The predicted molar refractivity (Wildman–Crippen MR) is 122 cm³/mol. The Balaban J connectivity index is 0.00000280. The summed E-state index contributed by atoms with van der Waals surface area (Å²) in [6, 6.07) is 6.89. The molecule has 0 aromatic heterocycles. The number of nitrogens with zero attached hydrogens (tertiary/aromatic N) is 1. The minimum absolute atomic E-state index is 0. The van der Waals surface area contributed by atoms with Gasteiger partial charge >= 0.3 is 0 Å². The van der Waals surface area contributed by atoms with Gasteiger partial charge in [-0.3, -0.25) is 9.79 Å². The number of guanidine groups is 1. The fourth-order valence-electron chi connectivity index (χ4n) is 3.40. The minimum atomic E-state index is -0.184. The molecule has 7 heteroatoms. The molecule has 0 heterocycles. The molecule has 1 aromatic rings. The first-order chi connectivity index (χ1) is 13.1. The predicted octanol–water partition coefficient (Wildman–Crippen LogP) is 3.34. The second-order valence-electron chi connectivity index (χ2n) is 7.69. The Bertz CT molecular complexity index is 674. The van der Waals surface area contributed by atoms with Gasteiger partial charge in [0, 0.05) is 31.0 Å². The lowest BCUT2D eigenvalue weighted by Gasteiger charge is -2.24. The van der Waals surface area contributed by atoms with Gasteiger partial charge in [0.2, 0.25) is 5.91 Å². The van der Waals surface area contributed by atoms with Crippen LogP contribution in [0, 0.1) is 11.7 Å². The first-order valence-corrected chi connectivity index (χ1v) is 10.2. The van der Waals surface area contributed by atoms with E-state index in [1.807, 2.05) is 13.0 Å². The van der Waals surface area contributed by atoms with Crippen molar-refractivity contribution < 1.29 is 9.18 Å². The average Bonchev–Trinajstić information content (AvgIpc) is 3.39. The smallest absolute Gasteiger partial charge is 0.223 e.